The average molecular weight is 381 g/mol. The van der Waals surface area contributed by atoms with Crippen LogP contribution >= 0.6 is 11.8 Å². The third-order valence-corrected chi connectivity index (χ3v) is 6.65. The van der Waals surface area contributed by atoms with Crippen LogP contribution in [0.25, 0.3) is 4.91 Å². The predicted octanol–water partition coefficient (Wildman–Crippen LogP) is 5.12. The molecule has 0 radical (unpaired) electrons. The second-order valence-corrected chi connectivity index (χ2v) is 8.29. The second-order valence-electron chi connectivity index (χ2n) is 5.19. The van der Waals surface area contributed by atoms with Crippen molar-refractivity contribution in [3.05, 3.63) is 101 Å². The van der Waals surface area contributed by atoms with Crippen LogP contribution < -0.4 is 4.46 Å². The summed E-state index contributed by atoms with van der Waals surface area (Å²) in [5.41, 5.74) is 2.59. The van der Waals surface area contributed by atoms with Gasteiger partial charge in [-0.3, -0.25) is 0 Å². The Bertz CT molecular complexity index is 762. The maximum absolute atomic E-state index is 2.39. The summed E-state index contributed by atoms with van der Waals surface area (Å²) in [6.45, 7) is 2.13. The zero-order chi connectivity index (χ0) is 15.9. The first-order chi connectivity index (χ1) is 11.3. The fourth-order valence-corrected chi connectivity index (χ4v) is 4.96. The normalized spacial score (nSPS) is 11.4. The van der Waals surface area contributed by atoms with Crippen molar-refractivity contribution < 1.29 is 0 Å². The zero-order valence-corrected chi connectivity index (χ0v) is 15.5. The molecule has 0 saturated carbocycles. The van der Waals surface area contributed by atoms with E-state index < -0.39 is 0 Å². The quantitative estimate of drug-likeness (QED) is 0.437. The molecule has 0 N–H and O–H groups in total. The number of hydrogen-bond acceptors (Lipinski definition) is 1. The molecule has 3 aromatic carbocycles. The number of aryl methyl sites for hydroxylation is 1. The summed E-state index contributed by atoms with van der Waals surface area (Å²) in [6.07, 6.45) is 0. The summed E-state index contributed by atoms with van der Waals surface area (Å²) in [5, 5.41) is 0. The molecule has 3 aromatic rings. The van der Waals surface area contributed by atoms with E-state index in [4.69, 9.17) is 0 Å². The SMILES string of the molecule is Cc1ccc(/C(=C/[Se]c2ccccc2)Sc2ccccc2)cc1. The standard InChI is InChI=1S/C21H18SSe/c1-17-12-14-18(15-13-17)21(22-19-8-4-2-5-9-19)16-23-20-10-6-3-7-11-20/h2-16H,1H3/b21-16-. The number of rotatable bonds is 5. The Morgan fingerprint density at radius 1 is 0.783 bits per heavy atom. The number of hydrogen-bond donors (Lipinski definition) is 0. The molecular formula is C21H18SSe. The fourth-order valence-electron chi connectivity index (χ4n) is 2.10. The molecule has 0 atom stereocenters. The molecule has 0 spiro atoms. The first-order valence-electron chi connectivity index (χ1n) is 7.53. The van der Waals surface area contributed by atoms with Crippen LogP contribution in [0.1, 0.15) is 11.1 Å². The van der Waals surface area contributed by atoms with Crippen molar-refractivity contribution in [2.75, 3.05) is 0 Å². The molecule has 0 amide bonds. The number of thioether (sulfide) groups is 1. The molecule has 114 valence electrons. The van der Waals surface area contributed by atoms with Gasteiger partial charge in [-0.1, -0.05) is 0 Å². The van der Waals surface area contributed by atoms with Crippen LogP contribution in [-0.2, 0) is 0 Å². The van der Waals surface area contributed by atoms with E-state index in [1.807, 2.05) is 11.8 Å². The van der Waals surface area contributed by atoms with Crippen LogP contribution in [0.4, 0.5) is 0 Å². The minimum atomic E-state index is 0.337. The van der Waals surface area contributed by atoms with Gasteiger partial charge >= 0.3 is 149 Å². The van der Waals surface area contributed by atoms with Crippen molar-refractivity contribution in [3.8, 4) is 0 Å². The Labute approximate surface area is 148 Å². The molecule has 0 fully saturated rings. The van der Waals surface area contributed by atoms with Crippen LogP contribution in [0.15, 0.2) is 94.8 Å². The van der Waals surface area contributed by atoms with Crippen molar-refractivity contribution in [3.63, 3.8) is 0 Å². The van der Waals surface area contributed by atoms with Gasteiger partial charge in [0.2, 0.25) is 0 Å². The first-order valence-corrected chi connectivity index (χ1v) is 10.2. The van der Waals surface area contributed by atoms with Crippen LogP contribution in [-0.4, -0.2) is 15.0 Å². The van der Waals surface area contributed by atoms with Crippen molar-refractivity contribution in [2.45, 2.75) is 11.8 Å². The summed E-state index contributed by atoms with van der Waals surface area (Å²) < 4.78 is 1.40. The number of benzene rings is 3. The Morgan fingerprint density at radius 3 is 2.04 bits per heavy atom. The topological polar surface area (TPSA) is 0 Å². The third-order valence-electron chi connectivity index (χ3n) is 3.35. The van der Waals surface area contributed by atoms with E-state index in [9.17, 15) is 0 Å². The second kappa shape index (κ2) is 8.21. The molecule has 0 heterocycles. The van der Waals surface area contributed by atoms with E-state index in [1.54, 1.807) is 0 Å². The Balaban J connectivity index is 1.87. The fraction of sp³-hybridized carbons (Fsp3) is 0.0476. The van der Waals surface area contributed by atoms with Gasteiger partial charge in [0.05, 0.1) is 0 Å². The van der Waals surface area contributed by atoms with Crippen molar-refractivity contribution in [1.29, 1.82) is 0 Å². The zero-order valence-electron chi connectivity index (χ0n) is 13.0. The van der Waals surface area contributed by atoms with Crippen LogP contribution in [0.2, 0.25) is 0 Å². The van der Waals surface area contributed by atoms with Gasteiger partial charge in [-0.05, 0) is 0 Å². The maximum atomic E-state index is 2.39. The van der Waals surface area contributed by atoms with Gasteiger partial charge in [0.15, 0.2) is 0 Å². The Morgan fingerprint density at radius 2 is 1.39 bits per heavy atom. The van der Waals surface area contributed by atoms with Crippen LogP contribution in [0, 0.1) is 6.92 Å². The van der Waals surface area contributed by atoms with Gasteiger partial charge in [0.1, 0.15) is 0 Å². The van der Waals surface area contributed by atoms with Crippen LogP contribution in [0.5, 0.6) is 0 Å². The summed E-state index contributed by atoms with van der Waals surface area (Å²) >= 11 is 2.18. The van der Waals surface area contributed by atoms with Crippen molar-refractivity contribution >= 4 is 36.1 Å². The third kappa shape index (κ3) is 4.87. The van der Waals surface area contributed by atoms with Crippen molar-refractivity contribution in [2.24, 2.45) is 0 Å². The average Bonchev–Trinajstić information content (AvgIpc) is 2.61. The van der Waals surface area contributed by atoms with E-state index in [2.05, 4.69) is 96.8 Å². The molecule has 0 unspecified atom stereocenters. The van der Waals surface area contributed by atoms with E-state index in [0.717, 1.165) is 0 Å². The van der Waals surface area contributed by atoms with E-state index in [0.29, 0.717) is 15.0 Å². The van der Waals surface area contributed by atoms with Gasteiger partial charge in [0.25, 0.3) is 0 Å². The predicted molar refractivity (Wildman–Crippen MR) is 103 cm³/mol. The van der Waals surface area contributed by atoms with Gasteiger partial charge < -0.3 is 0 Å². The van der Waals surface area contributed by atoms with E-state index in [-0.39, 0.29) is 0 Å². The molecule has 0 aliphatic carbocycles. The summed E-state index contributed by atoms with van der Waals surface area (Å²) in [5.74, 6) is 0. The Kier molecular flexibility index (Phi) is 5.76. The van der Waals surface area contributed by atoms with Gasteiger partial charge in [0, 0.05) is 0 Å². The van der Waals surface area contributed by atoms with Crippen LogP contribution in [0.3, 0.4) is 0 Å². The molecule has 0 bridgehead atoms. The van der Waals surface area contributed by atoms with E-state index >= 15 is 0 Å². The monoisotopic (exact) mass is 382 g/mol. The molecule has 0 nitrogen and oxygen atoms in total. The molecule has 2 heteroatoms. The molecule has 3 rings (SSSR count). The summed E-state index contributed by atoms with van der Waals surface area (Å²) in [7, 11) is 0. The van der Waals surface area contributed by atoms with E-state index in [1.165, 1.54) is 25.4 Å². The van der Waals surface area contributed by atoms with Crippen molar-refractivity contribution in [1.82, 2.24) is 0 Å². The molecule has 23 heavy (non-hydrogen) atoms. The molecule has 0 aliphatic heterocycles. The van der Waals surface area contributed by atoms with Gasteiger partial charge in [-0.25, -0.2) is 0 Å². The molecular weight excluding hydrogens is 363 g/mol. The first kappa shape index (κ1) is 16.1. The Hall–Kier alpha value is -1.73. The van der Waals surface area contributed by atoms with Gasteiger partial charge in [-0.15, -0.1) is 0 Å². The molecule has 0 saturated heterocycles. The minimum absolute atomic E-state index is 0.337. The van der Waals surface area contributed by atoms with Gasteiger partial charge in [-0.2, -0.15) is 0 Å². The summed E-state index contributed by atoms with van der Waals surface area (Å²) in [4.78, 5) is 5.01. The summed E-state index contributed by atoms with van der Waals surface area (Å²) in [6, 6.07) is 30.1. The molecule has 0 aliphatic rings. The molecule has 0 aromatic heterocycles.